The third kappa shape index (κ3) is 5.51. The van der Waals surface area contributed by atoms with Crippen LogP contribution in [0.4, 0.5) is 13.2 Å². The van der Waals surface area contributed by atoms with Crippen molar-refractivity contribution in [1.29, 1.82) is 0 Å². The van der Waals surface area contributed by atoms with Gasteiger partial charge in [-0.05, 0) is 37.8 Å². The molecule has 1 aromatic rings. The van der Waals surface area contributed by atoms with Crippen LogP contribution in [0.3, 0.4) is 0 Å². The van der Waals surface area contributed by atoms with E-state index in [0.29, 0.717) is 6.42 Å². The summed E-state index contributed by atoms with van der Waals surface area (Å²) in [7, 11) is 1.80. The maximum atomic E-state index is 12.0. The summed E-state index contributed by atoms with van der Waals surface area (Å²) in [5, 5.41) is 5.05. The first kappa shape index (κ1) is 13.5. The highest BCUT2D eigenvalue weighted by Crippen LogP contribution is 2.23. The number of hydrogen-bond acceptors (Lipinski definition) is 2. The molecule has 1 aromatic heterocycles. The summed E-state index contributed by atoms with van der Waals surface area (Å²) in [6.45, 7) is 0. The predicted molar refractivity (Wildman–Crippen MR) is 60.8 cm³/mol. The molecule has 16 heavy (non-hydrogen) atoms. The molecule has 0 spiro atoms. The third-order valence-corrected chi connectivity index (χ3v) is 3.35. The SMILES string of the molecule is CNC(CCCC(F)(F)F)Cc1cccs1. The Balaban J connectivity index is 2.27. The summed E-state index contributed by atoms with van der Waals surface area (Å²) < 4.78 is 35.9. The molecule has 1 rings (SSSR count). The standard InChI is InChI=1S/C11H16F3NS/c1-15-9(4-2-6-11(12,13)14)8-10-5-3-7-16-10/h3,5,7,9,15H,2,4,6,8H2,1H3. The van der Waals surface area contributed by atoms with Gasteiger partial charge in [0.1, 0.15) is 0 Å². The van der Waals surface area contributed by atoms with Crippen molar-refractivity contribution in [1.82, 2.24) is 5.32 Å². The van der Waals surface area contributed by atoms with Crippen LogP contribution < -0.4 is 5.32 Å². The molecule has 1 heterocycles. The first-order chi connectivity index (χ1) is 7.51. The predicted octanol–water partition coefficient (Wildman–Crippen LogP) is 3.61. The van der Waals surface area contributed by atoms with E-state index < -0.39 is 12.6 Å². The molecule has 0 aliphatic heterocycles. The van der Waals surface area contributed by atoms with E-state index >= 15 is 0 Å². The second kappa shape index (κ2) is 6.25. The van der Waals surface area contributed by atoms with Crippen LogP contribution in [0, 0.1) is 0 Å². The molecular weight excluding hydrogens is 235 g/mol. The average Bonchev–Trinajstić information content (AvgIpc) is 2.67. The number of halogens is 3. The molecule has 0 saturated heterocycles. The van der Waals surface area contributed by atoms with Crippen molar-refractivity contribution in [3.8, 4) is 0 Å². The largest absolute Gasteiger partial charge is 0.389 e. The highest BCUT2D eigenvalue weighted by Gasteiger charge is 2.26. The Morgan fingerprint density at radius 2 is 2.19 bits per heavy atom. The lowest BCUT2D eigenvalue weighted by atomic mass is 10.1. The Labute approximate surface area is 97.7 Å². The van der Waals surface area contributed by atoms with E-state index in [-0.39, 0.29) is 12.5 Å². The van der Waals surface area contributed by atoms with Gasteiger partial charge in [-0.2, -0.15) is 13.2 Å². The zero-order chi connectivity index (χ0) is 12.0. The van der Waals surface area contributed by atoms with Gasteiger partial charge >= 0.3 is 6.18 Å². The number of alkyl halides is 3. The molecule has 1 unspecified atom stereocenters. The van der Waals surface area contributed by atoms with E-state index in [2.05, 4.69) is 5.32 Å². The molecule has 0 fully saturated rings. The van der Waals surface area contributed by atoms with Crippen LogP contribution in [0.15, 0.2) is 17.5 Å². The van der Waals surface area contributed by atoms with Crippen molar-refractivity contribution >= 4 is 11.3 Å². The number of likely N-dealkylation sites (N-methyl/N-ethyl adjacent to an activating group) is 1. The molecular formula is C11H16F3NS. The van der Waals surface area contributed by atoms with E-state index in [4.69, 9.17) is 0 Å². The second-order valence-corrected chi connectivity index (χ2v) is 4.81. The fraction of sp³-hybridized carbons (Fsp3) is 0.636. The van der Waals surface area contributed by atoms with Crippen LogP contribution in [-0.4, -0.2) is 19.3 Å². The van der Waals surface area contributed by atoms with Gasteiger partial charge in [0.05, 0.1) is 0 Å². The van der Waals surface area contributed by atoms with Crippen LogP contribution >= 0.6 is 11.3 Å². The summed E-state index contributed by atoms with van der Waals surface area (Å²) in [4.78, 5) is 1.21. The molecule has 1 atom stereocenters. The first-order valence-electron chi connectivity index (χ1n) is 5.27. The molecule has 0 bridgehead atoms. The molecule has 1 nitrogen and oxygen atoms in total. The Morgan fingerprint density at radius 3 is 2.69 bits per heavy atom. The monoisotopic (exact) mass is 251 g/mol. The van der Waals surface area contributed by atoms with Gasteiger partial charge in [0, 0.05) is 17.3 Å². The van der Waals surface area contributed by atoms with Crippen LogP contribution in [0.25, 0.3) is 0 Å². The summed E-state index contributed by atoms with van der Waals surface area (Å²) in [6, 6.07) is 4.11. The van der Waals surface area contributed by atoms with Gasteiger partial charge in [0.15, 0.2) is 0 Å². The highest BCUT2D eigenvalue weighted by molar-refractivity contribution is 7.09. The van der Waals surface area contributed by atoms with Gasteiger partial charge in [-0.15, -0.1) is 11.3 Å². The van der Waals surface area contributed by atoms with Gasteiger partial charge in [-0.25, -0.2) is 0 Å². The van der Waals surface area contributed by atoms with Gasteiger partial charge < -0.3 is 5.32 Å². The van der Waals surface area contributed by atoms with Crippen LogP contribution in [0.2, 0.25) is 0 Å². The smallest absolute Gasteiger partial charge is 0.317 e. The Kier molecular flexibility index (Phi) is 5.28. The Bertz CT molecular complexity index is 282. The maximum Gasteiger partial charge on any atom is 0.389 e. The minimum Gasteiger partial charge on any atom is -0.317 e. The average molecular weight is 251 g/mol. The fourth-order valence-electron chi connectivity index (χ4n) is 1.57. The second-order valence-electron chi connectivity index (χ2n) is 3.78. The maximum absolute atomic E-state index is 12.0. The number of hydrogen-bond donors (Lipinski definition) is 1. The number of rotatable bonds is 6. The molecule has 0 aliphatic carbocycles. The summed E-state index contributed by atoms with van der Waals surface area (Å²) in [6.07, 6.45) is -3.14. The lowest BCUT2D eigenvalue weighted by Crippen LogP contribution is -2.27. The lowest BCUT2D eigenvalue weighted by Gasteiger charge is -2.15. The Hall–Kier alpha value is -0.550. The third-order valence-electron chi connectivity index (χ3n) is 2.45. The normalized spacial score (nSPS) is 14.0. The van der Waals surface area contributed by atoms with Crippen molar-refractivity contribution in [2.75, 3.05) is 7.05 Å². The molecule has 0 aromatic carbocycles. The number of thiophene rings is 1. The van der Waals surface area contributed by atoms with E-state index in [0.717, 1.165) is 6.42 Å². The van der Waals surface area contributed by atoms with Gasteiger partial charge in [-0.3, -0.25) is 0 Å². The minimum absolute atomic E-state index is 0.140. The summed E-state index contributed by atoms with van der Waals surface area (Å²) >= 11 is 1.64. The van der Waals surface area contributed by atoms with Gasteiger partial charge in [0.25, 0.3) is 0 Å². The van der Waals surface area contributed by atoms with Crippen LogP contribution in [-0.2, 0) is 6.42 Å². The van der Waals surface area contributed by atoms with Gasteiger partial charge in [0.2, 0.25) is 0 Å². The van der Waals surface area contributed by atoms with E-state index in [9.17, 15) is 13.2 Å². The molecule has 0 aliphatic rings. The molecule has 0 amide bonds. The first-order valence-corrected chi connectivity index (χ1v) is 6.15. The van der Waals surface area contributed by atoms with Crippen LogP contribution in [0.5, 0.6) is 0 Å². The van der Waals surface area contributed by atoms with Gasteiger partial charge in [-0.1, -0.05) is 6.07 Å². The number of nitrogens with one attached hydrogen (secondary N) is 1. The summed E-state index contributed by atoms with van der Waals surface area (Å²) in [5.41, 5.74) is 0. The quantitative estimate of drug-likeness (QED) is 0.814. The zero-order valence-corrected chi connectivity index (χ0v) is 10.00. The van der Waals surface area contributed by atoms with Crippen molar-refractivity contribution < 1.29 is 13.2 Å². The summed E-state index contributed by atoms with van der Waals surface area (Å²) in [5.74, 6) is 0. The lowest BCUT2D eigenvalue weighted by molar-refractivity contribution is -0.135. The molecule has 92 valence electrons. The van der Waals surface area contributed by atoms with Crippen molar-refractivity contribution in [3.63, 3.8) is 0 Å². The van der Waals surface area contributed by atoms with Crippen molar-refractivity contribution in [2.24, 2.45) is 0 Å². The molecule has 0 saturated carbocycles. The Morgan fingerprint density at radius 1 is 1.44 bits per heavy atom. The van der Waals surface area contributed by atoms with E-state index in [1.807, 2.05) is 17.5 Å². The minimum atomic E-state index is -4.03. The van der Waals surface area contributed by atoms with E-state index in [1.165, 1.54) is 4.88 Å². The van der Waals surface area contributed by atoms with Crippen molar-refractivity contribution in [3.05, 3.63) is 22.4 Å². The fourth-order valence-corrected chi connectivity index (χ4v) is 2.36. The highest BCUT2D eigenvalue weighted by atomic mass is 32.1. The van der Waals surface area contributed by atoms with Crippen molar-refractivity contribution in [2.45, 2.75) is 37.9 Å². The molecule has 1 N–H and O–H groups in total. The van der Waals surface area contributed by atoms with Crippen LogP contribution in [0.1, 0.15) is 24.1 Å². The topological polar surface area (TPSA) is 12.0 Å². The molecule has 0 radical (unpaired) electrons. The van der Waals surface area contributed by atoms with E-state index in [1.54, 1.807) is 18.4 Å². The molecule has 5 heteroatoms. The zero-order valence-electron chi connectivity index (χ0n) is 9.18.